The molecule has 5 heteroatoms. The van der Waals surface area contributed by atoms with Gasteiger partial charge in [0, 0.05) is 25.5 Å². The highest BCUT2D eigenvalue weighted by Crippen LogP contribution is 2.16. The van der Waals surface area contributed by atoms with Gasteiger partial charge in [-0.3, -0.25) is 0 Å². The van der Waals surface area contributed by atoms with Crippen LogP contribution in [0, 0.1) is 0 Å². The average molecular weight is 289 g/mol. The summed E-state index contributed by atoms with van der Waals surface area (Å²) in [4.78, 5) is 4.02. The second-order valence-corrected chi connectivity index (χ2v) is 4.78. The van der Waals surface area contributed by atoms with Crippen LogP contribution in [0.15, 0.2) is 43.0 Å². The predicted octanol–water partition coefficient (Wildman–Crippen LogP) is 2.34. The van der Waals surface area contributed by atoms with Gasteiger partial charge in [-0.2, -0.15) is 0 Å². The molecule has 2 aromatic rings. The highest BCUT2D eigenvalue weighted by atomic mass is 16.5. The van der Waals surface area contributed by atoms with E-state index in [2.05, 4.69) is 14.9 Å². The van der Waals surface area contributed by atoms with E-state index in [0.29, 0.717) is 6.61 Å². The fourth-order valence-electron chi connectivity index (χ4n) is 2.00. The Morgan fingerprint density at radius 1 is 1.10 bits per heavy atom. The molecule has 0 unspecified atom stereocenters. The van der Waals surface area contributed by atoms with Gasteiger partial charge in [-0.25, -0.2) is 4.98 Å². The molecular weight excluding hydrogens is 266 g/mol. The van der Waals surface area contributed by atoms with Crippen molar-refractivity contribution in [3.8, 4) is 11.5 Å². The number of unbranched alkanes of at least 4 members (excludes halogenated alkanes) is 1. The highest BCUT2D eigenvalue weighted by molar-refractivity contribution is 5.31. The molecule has 0 saturated carbocycles. The predicted molar refractivity (Wildman–Crippen MR) is 82.8 cm³/mol. The first kappa shape index (κ1) is 15.4. The van der Waals surface area contributed by atoms with Crippen molar-refractivity contribution in [2.24, 2.45) is 0 Å². The fourth-order valence-corrected chi connectivity index (χ4v) is 2.00. The van der Waals surface area contributed by atoms with Crippen molar-refractivity contribution in [3.63, 3.8) is 0 Å². The largest absolute Gasteiger partial charge is 0.497 e. The van der Waals surface area contributed by atoms with Crippen LogP contribution in [0.4, 0.5) is 0 Å². The molecule has 0 saturated heterocycles. The molecule has 0 amide bonds. The van der Waals surface area contributed by atoms with Gasteiger partial charge in [-0.05, 0) is 43.7 Å². The summed E-state index contributed by atoms with van der Waals surface area (Å²) in [5, 5.41) is 3.38. The number of hydrogen-bond acceptors (Lipinski definition) is 4. The fraction of sp³-hybridized carbons (Fsp3) is 0.438. The van der Waals surface area contributed by atoms with Gasteiger partial charge in [0.05, 0.1) is 13.4 Å². The lowest BCUT2D eigenvalue weighted by Crippen LogP contribution is -2.22. The normalized spacial score (nSPS) is 10.5. The number of rotatable bonds is 10. The number of nitrogens with one attached hydrogen (secondary N) is 1. The monoisotopic (exact) mass is 289 g/mol. The summed E-state index contributed by atoms with van der Waals surface area (Å²) in [5.41, 5.74) is 0. The average Bonchev–Trinajstić information content (AvgIpc) is 3.04. The number of ether oxygens (including phenoxy) is 2. The summed E-state index contributed by atoms with van der Waals surface area (Å²) < 4.78 is 12.8. The van der Waals surface area contributed by atoms with E-state index < -0.39 is 0 Å². The van der Waals surface area contributed by atoms with Crippen LogP contribution in [0.2, 0.25) is 0 Å². The summed E-state index contributed by atoms with van der Waals surface area (Å²) in [5.74, 6) is 1.72. The van der Waals surface area contributed by atoms with Gasteiger partial charge >= 0.3 is 0 Å². The third-order valence-corrected chi connectivity index (χ3v) is 3.19. The van der Waals surface area contributed by atoms with Gasteiger partial charge in [0.15, 0.2) is 0 Å². The Labute approximate surface area is 125 Å². The Kier molecular flexibility index (Phi) is 6.61. The Bertz CT molecular complexity index is 483. The molecule has 0 atom stereocenters. The first-order valence-corrected chi connectivity index (χ1v) is 7.32. The molecule has 1 aromatic carbocycles. The number of imidazole rings is 1. The van der Waals surface area contributed by atoms with Gasteiger partial charge < -0.3 is 19.4 Å². The van der Waals surface area contributed by atoms with Crippen molar-refractivity contribution in [3.05, 3.63) is 43.0 Å². The van der Waals surface area contributed by atoms with Crippen molar-refractivity contribution in [2.45, 2.75) is 19.4 Å². The molecule has 2 rings (SSSR count). The quantitative estimate of drug-likeness (QED) is 0.682. The highest BCUT2D eigenvalue weighted by Gasteiger charge is 1.95. The first-order valence-electron chi connectivity index (χ1n) is 7.32. The van der Waals surface area contributed by atoms with Gasteiger partial charge in [0.25, 0.3) is 0 Å². The first-order chi connectivity index (χ1) is 10.4. The molecule has 114 valence electrons. The third-order valence-electron chi connectivity index (χ3n) is 3.19. The molecule has 0 aliphatic heterocycles. The molecule has 1 heterocycles. The van der Waals surface area contributed by atoms with E-state index >= 15 is 0 Å². The number of benzene rings is 1. The minimum absolute atomic E-state index is 0.674. The minimum atomic E-state index is 0.674. The van der Waals surface area contributed by atoms with E-state index in [1.54, 1.807) is 7.11 Å². The van der Waals surface area contributed by atoms with Crippen LogP contribution in [0.25, 0.3) is 0 Å². The van der Waals surface area contributed by atoms with E-state index in [9.17, 15) is 0 Å². The van der Waals surface area contributed by atoms with Crippen LogP contribution < -0.4 is 14.8 Å². The standard InChI is InChI=1S/C16H23N3O2/c1-20-15-4-6-16(7-5-15)21-13-10-17-8-2-3-11-19-12-9-18-14-19/h4-7,9,12,14,17H,2-3,8,10-11,13H2,1H3. The third kappa shape index (κ3) is 5.87. The Hall–Kier alpha value is -2.01. The van der Waals surface area contributed by atoms with Crippen molar-refractivity contribution in [1.82, 2.24) is 14.9 Å². The second-order valence-electron chi connectivity index (χ2n) is 4.78. The maximum absolute atomic E-state index is 5.64. The molecular formula is C16H23N3O2. The van der Waals surface area contributed by atoms with Crippen LogP contribution >= 0.6 is 0 Å². The second kappa shape index (κ2) is 9.02. The zero-order valence-corrected chi connectivity index (χ0v) is 12.5. The van der Waals surface area contributed by atoms with Gasteiger partial charge in [0.1, 0.15) is 18.1 Å². The molecule has 0 fully saturated rings. The summed E-state index contributed by atoms with van der Waals surface area (Å²) in [6, 6.07) is 7.64. The van der Waals surface area contributed by atoms with Crippen molar-refractivity contribution < 1.29 is 9.47 Å². The van der Waals surface area contributed by atoms with Crippen LogP contribution in [-0.2, 0) is 6.54 Å². The lowest BCUT2D eigenvalue weighted by atomic mass is 10.3. The maximum atomic E-state index is 5.64. The molecule has 1 N–H and O–H groups in total. The van der Waals surface area contributed by atoms with Crippen molar-refractivity contribution in [2.75, 3.05) is 26.8 Å². The van der Waals surface area contributed by atoms with Gasteiger partial charge in [-0.1, -0.05) is 0 Å². The van der Waals surface area contributed by atoms with Gasteiger partial charge in [-0.15, -0.1) is 0 Å². The van der Waals surface area contributed by atoms with E-state index in [4.69, 9.17) is 9.47 Å². The zero-order chi connectivity index (χ0) is 14.8. The summed E-state index contributed by atoms with van der Waals surface area (Å²) in [6.07, 6.45) is 7.98. The molecule has 1 aromatic heterocycles. The number of aromatic nitrogens is 2. The number of hydrogen-bond donors (Lipinski definition) is 1. The minimum Gasteiger partial charge on any atom is -0.497 e. The molecule has 0 aliphatic rings. The summed E-state index contributed by atoms with van der Waals surface area (Å²) in [6.45, 7) is 3.58. The SMILES string of the molecule is COc1ccc(OCCNCCCCn2ccnc2)cc1. The molecule has 5 nitrogen and oxygen atoms in total. The van der Waals surface area contributed by atoms with E-state index in [1.807, 2.05) is 43.0 Å². The van der Waals surface area contributed by atoms with Gasteiger partial charge in [0.2, 0.25) is 0 Å². The summed E-state index contributed by atoms with van der Waals surface area (Å²) >= 11 is 0. The molecule has 0 bridgehead atoms. The summed E-state index contributed by atoms with van der Waals surface area (Å²) in [7, 11) is 1.66. The van der Waals surface area contributed by atoms with E-state index in [1.165, 1.54) is 0 Å². The Morgan fingerprint density at radius 3 is 2.62 bits per heavy atom. The topological polar surface area (TPSA) is 48.3 Å². The van der Waals surface area contributed by atoms with Crippen LogP contribution in [-0.4, -0.2) is 36.4 Å². The Balaban J connectivity index is 1.46. The van der Waals surface area contributed by atoms with Crippen LogP contribution in [0.1, 0.15) is 12.8 Å². The lowest BCUT2D eigenvalue weighted by molar-refractivity contribution is 0.312. The number of aryl methyl sites for hydroxylation is 1. The molecule has 21 heavy (non-hydrogen) atoms. The Morgan fingerprint density at radius 2 is 1.90 bits per heavy atom. The van der Waals surface area contributed by atoms with Crippen LogP contribution in [0.5, 0.6) is 11.5 Å². The van der Waals surface area contributed by atoms with Crippen molar-refractivity contribution >= 4 is 0 Å². The molecule has 0 spiro atoms. The van der Waals surface area contributed by atoms with E-state index in [-0.39, 0.29) is 0 Å². The van der Waals surface area contributed by atoms with Crippen molar-refractivity contribution in [1.29, 1.82) is 0 Å². The molecule has 0 aliphatic carbocycles. The van der Waals surface area contributed by atoms with Crippen LogP contribution in [0.3, 0.4) is 0 Å². The lowest BCUT2D eigenvalue weighted by Gasteiger charge is -2.08. The smallest absolute Gasteiger partial charge is 0.119 e. The van der Waals surface area contributed by atoms with E-state index in [0.717, 1.165) is 44.0 Å². The number of nitrogens with zero attached hydrogens (tertiary/aromatic N) is 2. The zero-order valence-electron chi connectivity index (χ0n) is 12.5. The molecule has 0 radical (unpaired) electrons. The number of methoxy groups -OCH3 is 1. The maximum Gasteiger partial charge on any atom is 0.119 e.